The molecule has 0 aliphatic carbocycles. The summed E-state index contributed by atoms with van der Waals surface area (Å²) in [7, 11) is 0. The van der Waals surface area contributed by atoms with Gasteiger partial charge in [0.05, 0.1) is 5.69 Å². The summed E-state index contributed by atoms with van der Waals surface area (Å²) in [5, 5.41) is 3.99. The van der Waals surface area contributed by atoms with Crippen LogP contribution < -0.4 is 16.2 Å². The summed E-state index contributed by atoms with van der Waals surface area (Å²) in [4.78, 5) is 48.3. The second-order valence-corrected chi connectivity index (χ2v) is 4.47. The summed E-state index contributed by atoms with van der Waals surface area (Å²) in [6.45, 7) is -0.780. The first-order valence-corrected chi connectivity index (χ1v) is 6.67. The normalized spacial score (nSPS) is 9.88. The Hall–Kier alpha value is -3.49. The molecule has 0 aliphatic heterocycles. The number of carbonyl (C=O) groups excluding carboxylic acids is 3. The number of benzene rings is 1. The molecule has 0 spiro atoms. The highest BCUT2D eigenvalue weighted by Gasteiger charge is 2.15. The first kappa shape index (κ1) is 16.9. The van der Waals surface area contributed by atoms with Gasteiger partial charge in [0.25, 0.3) is 11.5 Å². The van der Waals surface area contributed by atoms with E-state index in [0.717, 1.165) is 6.07 Å². The van der Waals surface area contributed by atoms with Crippen molar-refractivity contribution in [2.24, 2.45) is 0 Å². The Morgan fingerprint density at radius 2 is 1.88 bits per heavy atom. The number of halogens is 1. The summed E-state index contributed by atoms with van der Waals surface area (Å²) in [5.41, 5.74) is -1.06. The molecule has 2 rings (SSSR count). The van der Waals surface area contributed by atoms with Crippen LogP contribution in [-0.2, 0) is 9.53 Å². The van der Waals surface area contributed by atoms with E-state index in [1.807, 2.05) is 5.32 Å². The number of ether oxygens (including phenoxy) is 1. The van der Waals surface area contributed by atoms with Gasteiger partial charge in [0.2, 0.25) is 0 Å². The van der Waals surface area contributed by atoms with E-state index in [1.54, 1.807) is 0 Å². The molecule has 0 bridgehead atoms. The van der Waals surface area contributed by atoms with E-state index in [2.05, 4.69) is 15.0 Å². The number of H-pyrrole nitrogens is 1. The third-order valence-electron chi connectivity index (χ3n) is 2.75. The van der Waals surface area contributed by atoms with E-state index in [1.165, 1.54) is 36.5 Å². The summed E-state index contributed by atoms with van der Waals surface area (Å²) >= 11 is 0. The van der Waals surface area contributed by atoms with Crippen LogP contribution >= 0.6 is 0 Å². The van der Waals surface area contributed by atoms with E-state index < -0.39 is 35.9 Å². The average Bonchev–Trinajstić information content (AvgIpc) is 2.55. The molecule has 3 amide bonds. The van der Waals surface area contributed by atoms with Crippen LogP contribution in [0.2, 0.25) is 0 Å². The number of hydrogen-bond acceptors (Lipinski definition) is 5. The van der Waals surface area contributed by atoms with Crippen LogP contribution in [0.25, 0.3) is 0 Å². The lowest BCUT2D eigenvalue weighted by Crippen LogP contribution is -2.37. The molecule has 3 N–H and O–H groups in total. The Labute approximate surface area is 134 Å². The number of hydrogen-bond donors (Lipinski definition) is 3. The Morgan fingerprint density at radius 1 is 1.12 bits per heavy atom. The van der Waals surface area contributed by atoms with Crippen molar-refractivity contribution in [3.63, 3.8) is 0 Å². The van der Waals surface area contributed by atoms with Crippen LogP contribution in [0, 0.1) is 5.82 Å². The highest BCUT2D eigenvalue weighted by atomic mass is 19.1. The largest absolute Gasteiger partial charge is 0.452 e. The van der Waals surface area contributed by atoms with Gasteiger partial charge >= 0.3 is 12.0 Å². The zero-order valence-corrected chi connectivity index (χ0v) is 12.2. The number of para-hydroxylation sites is 1. The highest BCUT2D eigenvalue weighted by Crippen LogP contribution is 2.11. The summed E-state index contributed by atoms with van der Waals surface area (Å²) < 4.78 is 18.0. The third-order valence-corrected chi connectivity index (χ3v) is 2.75. The maximum Gasteiger partial charge on any atom is 0.344 e. The minimum Gasteiger partial charge on any atom is -0.452 e. The van der Waals surface area contributed by atoms with Gasteiger partial charge in [0, 0.05) is 6.20 Å². The number of nitrogens with one attached hydrogen (secondary N) is 3. The van der Waals surface area contributed by atoms with E-state index in [0.29, 0.717) is 0 Å². The predicted octanol–water partition coefficient (Wildman–Crippen LogP) is 1.02. The lowest BCUT2D eigenvalue weighted by atomic mass is 10.3. The van der Waals surface area contributed by atoms with E-state index in [-0.39, 0.29) is 11.3 Å². The molecule has 24 heavy (non-hydrogen) atoms. The molecule has 1 aromatic heterocycles. The number of rotatable bonds is 4. The van der Waals surface area contributed by atoms with Gasteiger partial charge in [0.1, 0.15) is 11.4 Å². The molecule has 2 aromatic rings. The molecule has 8 nitrogen and oxygen atoms in total. The second kappa shape index (κ2) is 7.68. The topological polar surface area (TPSA) is 117 Å². The monoisotopic (exact) mass is 333 g/mol. The van der Waals surface area contributed by atoms with Crippen molar-refractivity contribution in [1.82, 2.24) is 10.3 Å². The third kappa shape index (κ3) is 4.50. The fourth-order valence-electron chi connectivity index (χ4n) is 1.67. The molecular weight excluding hydrogens is 321 g/mol. The molecule has 1 heterocycles. The molecule has 0 atom stereocenters. The maximum atomic E-state index is 13.3. The van der Waals surface area contributed by atoms with Crippen LogP contribution in [0.15, 0.2) is 47.4 Å². The van der Waals surface area contributed by atoms with Crippen molar-refractivity contribution in [3.8, 4) is 0 Å². The zero-order chi connectivity index (χ0) is 17.5. The smallest absolute Gasteiger partial charge is 0.344 e. The second-order valence-electron chi connectivity index (χ2n) is 4.47. The van der Waals surface area contributed by atoms with Gasteiger partial charge in [0.15, 0.2) is 6.61 Å². The van der Waals surface area contributed by atoms with E-state index >= 15 is 0 Å². The van der Waals surface area contributed by atoms with Gasteiger partial charge in [-0.15, -0.1) is 0 Å². The van der Waals surface area contributed by atoms with Crippen LogP contribution in [0.3, 0.4) is 0 Å². The summed E-state index contributed by atoms with van der Waals surface area (Å²) in [6, 6.07) is 7.04. The van der Waals surface area contributed by atoms with Crippen molar-refractivity contribution in [2.75, 3.05) is 11.9 Å². The standard InChI is InChI=1S/C15H12FN3O5/c16-10-5-1-2-6-11(10)18-15(23)19-12(20)8-24-14(22)9-4-3-7-17-13(9)21/h1-7H,8H2,(H,17,21)(H2,18,19,20,23). The molecule has 0 aliphatic rings. The van der Waals surface area contributed by atoms with Gasteiger partial charge in [-0.3, -0.25) is 14.9 Å². The van der Waals surface area contributed by atoms with Crippen LogP contribution in [0.4, 0.5) is 14.9 Å². The number of carbonyl (C=O) groups is 3. The molecular formula is C15H12FN3O5. The van der Waals surface area contributed by atoms with Crippen molar-refractivity contribution in [1.29, 1.82) is 0 Å². The van der Waals surface area contributed by atoms with E-state index in [9.17, 15) is 23.6 Å². The molecule has 0 fully saturated rings. The first-order valence-electron chi connectivity index (χ1n) is 6.67. The average molecular weight is 333 g/mol. The molecule has 124 valence electrons. The van der Waals surface area contributed by atoms with Gasteiger partial charge in [-0.05, 0) is 24.3 Å². The molecule has 0 saturated carbocycles. The number of aromatic amines is 1. The van der Waals surface area contributed by atoms with Crippen molar-refractivity contribution < 1.29 is 23.5 Å². The number of imide groups is 1. The molecule has 1 aromatic carbocycles. The molecule has 0 saturated heterocycles. The maximum absolute atomic E-state index is 13.3. The number of pyridine rings is 1. The minimum atomic E-state index is -1.01. The highest BCUT2D eigenvalue weighted by molar-refractivity contribution is 6.02. The summed E-state index contributed by atoms with van der Waals surface area (Å²) in [6.07, 6.45) is 1.33. The first-order chi connectivity index (χ1) is 11.5. The number of anilines is 1. The van der Waals surface area contributed by atoms with Gasteiger partial charge in [-0.2, -0.15) is 0 Å². The number of urea groups is 1. The Balaban J connectivity index is 1.84. The zero-order valence-electron chi connectivity index (χ0n) is 12.2. The SMILES string of the molecule is O=C(COC(=O)c1ccc[nH]c1=O)NC(=O)Nc1ccccc1F. The van der Waals surface area contributed by atoms with Gasteiger partial charge in [-0.25, -0.2) is 14.0 Å². The quantitative estimate of drug-likeness (QED) is 0.722. The Bertz CT molecular complexity index is 834. The molecule has 0 radical (unpaired) electrons. The number of aromatic nitrogens is 1. The Kier molecular flexibility index (Phi) is 5.40. The predicted molar refractivity (Wildman–Crippen MR) is 80.9 cm³/mol. The number of esters is 1. The van der Waals surface area contributed by atoms with E-state index in [4.69, 9.17) is 0 Å². The summed E-state index contributed by atoms with van der Waals surface area (Å²) in [5.74, 6) is -2.62. The Morgan fingerprint density at radius 3 is 2.58 bits per heavy atom. The van der Waals surface area contributed by atoms with Crippen molar-refractivity contribution >= 4 is 23.6 Å². The van der Waals surface area contributed by atoms with Crippen LogP contribution in [0.1, 0.15) is 10.4 Å². The van der Waals surface area contributed by atoms with Gasteiger partial charge < -0.3 is 15.0 Å². The lowest BCUT2D eigenvalue weighted by Gasteiger charge is -2.08. The molecule has 0 unspecified atom stereocenters. The fourth-order valence-corrected chi connectivity index (χ4v) is 1.67. The van der Waals surface area contributed by atoms with Crippen LogP contribution in [-0.4, -0.2) is 29.5 Å². The number of amides is 3. The molecule has 9 heteroatoms. The van der Waals surface area contributed by atoms with Gasteiger partial charge in [-0.1, -0.05) is 12.1 Å². The van der Waals surface area contributed by atoms with Crippen LogP contribution in [0.5, 0.6) is 0 Å². The minimum absolute atomic E-state index is 0.115. The lowest BCUT2D eigenvalue weighted by molar-refractivity contribution is -0.123. The van der Waals surface area contributed by atoms with Crippen molar-refractivity contribution in [2.45, 2.75) is 0 Å². The van der Waals surface area contributed by atoms with Crippen molar-refractivity contribution in [3.05, 3.63) is 64.3 Å². The fraction of sp³-hybridized carbons (Fsp3) is 0.0667.